The molecule has 0 aliphatic heterocycles. The van der Waals surface area contributed by atoms with Gasteiger partial charge in [-0.3, -0.25) is 14.3 Å². The number of nitro groups is 1. The van der Waals surface area contributed by atoms with E-state index in [0.29, 0.717) is 0 Å². The van der Waals surface area contributed by atoms with Crippen LogP contribution in [-0.2, 0) is 21.6 Å². The van der Waals surface area contributed by atoms with Crippen molar-refractivity contribution in [2.24, 2.45) is 7.05 Å². The van der Waals surface area contributed by atoms with Crippen LogP contribution in [0.2, 0.25) is 0 Å². The SMILES string of the molecule is COS(=O)(=O)[O-].C[n+]1c(-c2cccc3ccccc23)c2cc([N+](=O)[O-])ccc2c2ccccc21. The van der Waals surface area contributed by atoms with Gasteiger partial charge in [-0.2, -0.15) is 4.57 Å². The van der Waals surface area contributed by atoms with Crippen LogP contribution < -0.4 is 4.57 Å². The first kappa shape index (κ1) is 23.2. The lowest BCUT2D eigenvalue weighted by molar-refractivity contribution is -0.632. The molecular weight excluding hydrogens is 456 g/mol. The first-order chi connectivity index (χ1) is 16.2. The van der Waals surface area contributed by atoms with Crippen molar-refractivity contribution in [1.82, 2.24) is 0 Å². The highest BCUT2D eigenvalue weighted by Gasteiger charge is 2.23. The van der Waals surface area contributed by atoms with Crippen LogP contribution in [0.4, 0.5) is 5.69 Å². The van der Waals surface area contributed by atoms with E-state index < -0.39 is 10.4 Å². The van der Waals surface area contributed by atoms with Crippen LogP contribution in [0, 0.1) is 10.1 Å². The molecule has 5 aromatic rings. The number of para-hydroxylation sites is 1. The van der Waals surface area contributed by atoms with Crippen molar-refractivity contribution in [3.05, 3.63) is 95.0 Å². The van der Waals surface area contributed by atoms with Gasteiger partial charge in [0.1, 0.15) is 7.05 Å². The van der Waals surface area contributed by atoms with E-state index in [4.69, 9.17) is 0 Å². The number of fused-ring (bicyclic) bond motifs is 4. The second-order valence-electron chi connectivity index (χ2n) is 7.51. The molecule has 0 fully saturated rings. The van der Waals surface area contributed by atoms with E-state index in [1.54, 1.807) is 12.1 Å². The Hall–Kier alpha value is -3.92. The van der Waals surface area contributed by atoms with Gasteiger partial charge in [-0.15, -0.1) is 0 Å². The van der Waals surface area contributed by atoms with Crippen molar-refractivity contribution in [1.29, 1.82) is 0 Å². The summed E-state index contributed by atoms with van der Waals surface area (Å²) < 4.78 is 33.2. The smallest absolute Gasteiger partial charge is 0.270 e. The second-order valence-corrected chi connectivity index (χ2v) is 8.66. The van der Waals surface area contributed by atoms with Crippen LogP contribution in [0.5, 0.6) is 0 Å². The Morgan fingerprint density at radius 2 is 1.44 bits per heavy atom. The number of hydrogen-bond donors (Lipinski definition) is 0. The van der Waals surface area contributed by atoms with Gasteiger partial charge in [0.25, 0.3) is 5.69 Å². The summed E-state index contributed by atoms with van der Waals surface area (Å²) >= 11 is 0. The number of nitrogens with zero attached hydrogens (tertiary/aromatic N) is 2. The van der Waals surface area contributed by atoms with Crippen LogP contribution in [0.15, 0.2) is 84.9 Å². The fourth-order valence-electron chi connectivity index (χ4n) is 4.13. The zero-order chi connectivity index (χ0) is 24.5. The van der Waals surface area contributed by atoms with E-state index in [9.17, 15) is 23.1 Å². The number of non-ortho nitro benzene ring substituents is 1. The molecule has 172 valence electrons. The third-order valence-corrected chi connectivity index (χ3v) is 6.02. The van der Waals surface area contributed by atoms with E-state index in [1.807, 2.05) is 43.4 Å². The molecule has 8 nitrogen and oxygen atoms in total. The normalized spacial score (nSPS) is 11.4. The van der Waals surface area contributed by atoms with Crippen LogP contribution in [-0.4, -0.2) is 25.0 Å². The predicted octanol–water partition coefficient (Wildman–Crippen LogP) is 4.64. The molecule has 0 N–H and O–H groups in total. The van der Waals surface area contributed by atoms with Crippen molar-refractivity contribution in [2.75, 3.05) is 7.11 Å². The molecule has 4 aromatic carbocycles. The number of benzene rings is 4. The average molecular weight is 477 g/mol. The first-order valence-corrected chi connectivity index (χ1v) is 11.5. The maximum atomic E-state index is 11.5. The Morgan fingerprint density at radius 1 is 0.824 bits per heavy atom. The molecule has 0 saturated heterocycles. The van der Waals surface area contributed by atoms with Crippen LogP contribution >= 0.6 is 0 Å². The topological polar surface area (TPSA) is 113 Å². The van der Waals surface area contributed by atoms with E-state index in [0.717, 1.165) is 50.8 Å². The van der Waals surface area contributed by atoms with Gasteiger partial charge >= 0.3 is 0 Å². The number of aromatic nitrogens is 1. The molecule has 0 amide bonds. The summed E-state index contributed by atoms with van der Waals surface area (Å²) in [4.78, 5) is 11.1. The molecule has 0 atom stereocenters. The molecule has 0 aliphatic carbocycles. The summed E-state index contributed by atoms with van der Waals surface area (Å²) in [6.45, 7) is 0. The van der Waals surface area contributed by atoms with Gasteiger partial charge in [0.05, 0.1) is 28.4 Å². The van der Waals surface area contributed by atoms with E-state index in [2.05, 4.69) is 45.1 Å². The Labute approximate surface area is 195 Å². The highest BCUT2D eigenvalue weighted by molar-refractivity contribution is 7.80. The molecule has 1 aromatic heterocycles. The zero-order valence-corrected chi connectivity index (χ0v) is 19.2. The van der Waals surface area contributed by atoms with Gasteiger partial charge in [0, 0.05) is 23.6 Å². The van der Waals surface area contributed by atoms with Crippen molar-refractivity contribution < 1.29 is 26.6 Å². The van der Waals surface area contributed by atoms with Gasteiger partial charge in [0.15, 0.2) is 0 Å². The van der Waals surface area contributed by atoms with Crippen molar-refractivity contribution in [2.45, 2.75) is 0 Å². The highest BCUT2D eigenvalue weighted by atomic mass is 32.3. The quantitative estimate of drug-likeness (QED) is 0.0936. The average Bonchev–Trinajstić information content (AvgIpc) is 2.84. The summed E-state index contributed by atoms with van der Waals surface area (Å²) in [5, 5.41) is 16.7. The van der Waals surface area contributed by atoms with Crippen molar-refractivity contribution >= 4 is 48.5 Å². The number of pyridine rings is 1. The van der Waals surface area contributed by atoms with E-state index >= 15 is 0 Å². The molecule has 1 heterocycles. The molecule has 0 saturated carbocycles. The lowest BCUT2D eigenvalue weighted by Gasteiger charge is -2.11. The Morgan fingerprint density at radius 3 is 2.12 bits per heavy atom. The molecular formula is C25H20N2O6S. The number of rotatable bonds is 3. The summed E-state index contributed by atoms with van der Waals surface area (Å²) in [5.41, 5.74) is 3.24. The second kappa shape index (κ2) is 9.14. The number of aryl methyl sites for hydroxylation is 1. The van der Waals surface area contributed by atoms with Crippen molar-refractivity contribution in [3.8, 4) is 11.3 Å². The fraction of sp³-hybridized carbons (Fsp3) is 0.0800. The fourth-order valence-corrected chi connectivity index (χ4v) is 4.13. The van der Waals surface area contributed by atoms with Gasteiger partial charge in [-0.05, 0) is 29.0 Å². The Balaban J connectivity index is 0.000000408. The van der Waals surface area contributed by atoms with Crippen LogP contribution in [0.25, 0.3) is 43.7 Å². The monoisotopic (exact) mass is 476 g/mol. The number of hydrogen-bond acceptors (Lipinski definition) is 6. The molecule has 0 aliphatic rings. The summed E-state index contributed by atoms with van der Waals surface area (Å²) in [5.74, 6) is 0. The standard InChI is InChI=1S/C24H17N2O2.CH4O4S/c1-25-23-12-5-4-10-20(23)19-14-13-17(26(27)28)15-22(19)24(25)21-11-6-8-16-7-2-3-9-18(16)21;1-5-6(2,3)4/h2-15H,1H3;1H3,(H,2,3,4)/q+1;/p-1. The number of nitro benzene ring substituents is 1. The maximum absolute atomic E-state index is 11.5. The van der Waals surface area contributed by atoms with Gasteiger partial charge < -0.3 is 4.55 Å². The molecule has 5 rings (SSSR count). The summed E-state index contributed by atoms with van der Waals surface area (Å²) in [6, 6.07) is 27.8. The summed E-state index contributed by atoms with van der Waals surface area (Å²) in [7, 11) is -1.58. The third-order valence-electron chi connectivity index (χ3n) is 5.61. The minimum Gasteiger partial charge on any atom is -0.726 e. The zero-order valence-electron chi connectivity index (χ0n) is 18.3. The van der Waals surface area contributed by atoms with Crippen molar-refractivity contribution in [3.63, 3.8) is 0 Å². The lowest BCUT2D eigenvalue weighted by atomic mass is 9.95. The summed E-state index contributed by atoms with van der Waals surface area (Å²) in [6.07, 6.45) is 0. The third kappa shape index (κ3) is 4.44. The predicted molar refractivity (Wildman–Crippen MR) is 129 cm³/mol. The molecule has 9 heteroatoms. The van der Waals surface area contributed by atoms with Gasteiger partial charge in [0.2, 0.25) is 21.6 Å². The van der Waals surface area contributed by atoms with Crippen LogP contribution in [0.1, 0.15) is 0 Å². The molecule has 34 heavy (non-hydrogen) atoms. The van der Waals surface area contributed by atoms with Gasteiger partial charge in [-0.1, -0.05) is 48.5 Å². The highest BCUT2D eigenvalue weighted by Crippen LogP contribution is 2.36. The minimum atomic E-state index is -4.41. The first-order valence-electron chi connectivity index (χ1n) is 10.2. The minimum absolute atomic E-state index is 0.101. The van der Waals surface area contributed by atoms with E-state index in [1.165, 1.54) is 0 Å². The molecule has 0 unspecified atom stereocenters. The van der Waals surface area contributed by atoms with Gasteiger partial charge in [-0.25, -0.2) is 8.42 Å². The lowest BCUT2D eigenvalue weighted by Crippen LogP contribution is -2.32. The van der Waals surface area contributed by atoms with E-state index in [-0.39, 0.29) is 10.6 Å². The Bertz CT molecular complexity index is 1660. The molecule has 0 radical (unpaired) electrons. The Kier molecular flexibility index (Phi) is 6.25. The molecule has 0 bridgehead atoms. The molecule has 0 spiro atoms. The largest absolute Gasteiger partial charge is 0.726 e. The maximum Gasteiger partial charge on any atom is 0.270 e. The van der Waals surface area contributed by atoms with Crippen LogP contribution in [0.3, 0.4) is 0 Å².